The summed E-state index contributed by atoms with van der Waals surface area (Å²) in [6.07, 6.45) is 2.42. The molecule has 15 heteroatoms. The van der Waals surface area contributed by atoms with E-state index in [2.05, 4.69) is 22.1 Å². The molecule has 2 atom stereocenters. The molecule has 0 saturated carbocycles. The van der Waals surface area contributed by atoms with Crippen molar-refractivity contribution in [2.45, 2.75) is 24.4 Å². The Morgan fingerprint density at radius 1 is 1.44 bits per heavy atom. The van der Waals surface area contributed by atoms with Crippen molar-refractivity contribution in [3.63, 3.8) is 0 Å². The van der Waals surface area contributed by atoms with Crippen molar-refractivity contribution in [3.05, 3.63) is 57.7 Å². The Kier molecular flexibility index (Phi) is 7.47. The molecule has 202 valence electrons. The number of nitrogens with one attached hydrogen (secondary N) is 1. The molecule has 0 spiro atoms. The van der Waals surface area contributed by atoms with Crippen LogP contribution < -0.4 is 20.5 Å². The molecule has 1 fully saturated rings. The number of rotatable bonds is 9. The Bertz CT molecular complexity index is 1510. The Hall–Kier alpha value is -3.31. The number of nitrogen functional groups attached to an aromatic ring is 1. The van der Waals surface area contributed by atoms with Crippen molar-refractivity contribution in [2.24, 2.45) is 0 Å². The van der Waals surface area contributed by atoms with Gasteiger partial charge in [-0.05, 0) is 6.07 Å². The summed E-state index contributed by atoms with van der Waals surface area (Å²) in [6, 6.07) is 2.76. The van der Waals surface area contributed by atoms with E-state index >= 15 is 0 Å². The average Bonchev–Trinajstić information content (AvgIpc) is 3.59. The predicted octanol–water partition coefficient (Wildman–Crippen LogP) is 0.116. The zero-order valence-electron chi connectivity index (χ0n) is 20.7. The van der Waals surface area contributed by atoms with Crippen LogP contribution in [0.3, 0.4) is 0 Å². The molecule has 0 aromatic carbocycles. The monoisotopic (exact) mass is 588 g/mol. The standard InChI is InChI=1S/C24H22N5O7PS2/c1-35-37(34,36-2)10-15(16-12-39-24(25)26-16)20(30)27-18-21(31)29-19(23(32)33)14(11-38-22(18)29)9-28-8-4-6-13-5-3-7-17(13)28/h4,6,8,10,12,18,22H,7,9,11H2,1-2H3,(H3-,25,26,27,30,32,33)/p+1/b15-10+/t18-,22-/m1/s1. The number of anilines is 1. The number of hydrogen-bond acceptors (Lipinski definition) is 10. The van der Waals surface area contributed by atoms with Gasteiger partial charge in [0.25, 0.3) is 19.8 Å². The molecule has 3 aliphatic rings. The highest BCUT2D eigenvalue weighted by molar-refractivity contribution is 8.00. The number of nitrogens with two attached hydrogens (primary N) is 1. The molecule has 4 heterocycles. The Morgan fingerprint density at radius 3 is 2.87 bits per heavy atom. The fourth-order valence-corrected chi connectivity index (χ4v) is 7.31. The summed E-state index contributed by atoms with van der Waals surface area (Å²) in [4.78, 5) is 56.9. The predicted molar refractivity (Wildman–Crippen MR) is 142 cm³/mol. The topological polar surface area (TPSA) is 171 Å². The maximum atomic E-state index is 13.3. The zero-order valence-corrected chi connectivity index (χ0v) is 23.3. The van der Waals surface area contributed by atoms with Crippen LogP contribution in [0.1, 0.15) is 17.0 Å². The summed E-state index contributed by atoms with van der Waals surface area (Å²) in [5.74, 6) is 4.90. The first-order valence-electron chi connectivity index (χ1n) is 11.5. The number of carboxylic acids is 1. The molecule has 5 rings (SSSR count). The third kappa shape index (κ3) is 5.05. The van der Waals surface area contributed by atoms with Crippen LogP contribution in [0.2, 0.25) is 0 Å². The third-order valence-corrected chi connectivity index (χ3v) is 10.0. The highest BCUT2D eigenvalue weighted by Gasteiger charge is 2.55. The molecule has 1 aliphatic carbocycles. The first-order valence-corrected chi connectivity index (χ1v) is 15.1. The molecule has 4 N–H and O–H groups in total. The highest BCUT2D eigenvalue weighted by Crippen LogP contribution is 2.54. The van der Waals surface area contributed by atoms with Gasteiger partial charge in [0.05, 0.1) is 31.9 Å². The average molecular weight is 589 g/mol. The molecule has 2 aromatic rings. The summed E-state index contributed by atoms with van der Waals surface area (Å²) < 4.78 is 11.8. The molecular weight excluding hydrogens is 565 g/mol. The minimum Gasteiger partial charge on any atom is -0.628 e. The second-order valence-electron chi connectivity index (χ2n) is 8.61. The molecule has 2 aromatic heterocycles. The number of thioether (sulfide) groups is 1. The van der Waals surface area contributed by atoms with Crippen molar-refractivity contribution in [2.75, 3.05) is 25.7 Å². The number of carbonyl (C=O) groups excluding carboxylic acids is 2. The van der Waals surface area contributed by atoms with E-state index < -0.39 is 37.1 Å². The van der Waals surface area contributed by atoms with E-state index in [9.17, 15) is 24.4 Å². The smallest absolute Gasteiger partial charge is 0.352 e. The highest BCUT2D eigenvalue weighted by atomic mass is 32.2. The van der Waals surface area contributed by atoms with Crippen LogP contribution in [0.15, 0.2) is 40.8 Å². The number of carbonyl (C=O) groups is 3. The van der Waals surface area contributed by atoms with Crippen molar-refractivity contribution in [1.29, 1.82) is 0 Å². The fraction of sp³-hybridized carbons (Fsp3) is 0.292. The zero-order chi connectivity index (χ0) is 27.9. The van der Waals surface area contributed by atoms with Gasteiger partial charge in [-0.3, -0.25) is 14.5 Å². The number of β-lactam (4-membered cyclic amide) rings is 1. The van der Waals surface area contributed by atoms with Crippen LogP contribution in [0.4, 0.5) is 5.13 Å². The van der Waals surface area contributed by atoms with Crippen LogP contribution in [0, 0.1) is 11.8 Å². The molecular formula is C24H23N5O7PS2+. The quantitative estimate of drug-likeness (QED) is 0.120. The number of amides is 2. The Labute approximate surface area is 232 Å². The van der Waals surface area contributed by atoms with Gasteiger partial charge in [-0.15, -0.1) is 23.1 Å². The summed E-state index contributed by atoms with van der Waals surface area (Å²) in [7, 11) is -1.45. The molecule has 2 amide bonds. The molecule has 2 aliphatic heterocycles. The van der Waals surface area contributed by atoms with Crippen molar-refractivity contribution < 1.29 is 38.0 Å². The van der Waals surface area contributed by atoms with Gasteiger partial charge in [-0.25, -0.2) is 18.8 Å². The fourth-order valence-electron chi connectivity index (χ4n) is 4.49. The van der Waals surface area contributed by atoms with Gasteiger partial charge in [0.2, 0.25) is 5.69 Å². The number of carboxylic acid groups (broad SMARTS) is 1. The van der Waals surface area contributed by atoms with Gasteiger partial charge < -0.3 is 21.1 Å². The minimum atomic E-state index is -3.79. The lowest BCUT2D eigenvalue weighted by atomic mass is 10.0. The summed E-state index contributed by atoms with van der Waals surface area (Å²) in [5.41, 5.74) is 8.06. The summed E-state index contributed by atoms with van der Waals surface area (Å²) >= 11 is 2.42. The van der Waals surface area contributed by atoms with Gasteiger partial charge in [0, 0.05) is 22.8 Å². The van der Waals surface area contributed by atoms with Crippen LogP contribution in [-0.4, -0.2) is 64.2 Å². The van der Waals surface area contributed by atoms with Gasteiger partial charge in [0.15, 0.2) is 17.9 Å². The SMILES string of the molecule is CO[P+]([O-])(/C=C(/C(=O)N[C@@H]1C(=O)N2C(C(=O)O)=C(C[n+]3cccc4c3CC#C4)CS[C@H]12)c1csc(N)n1)OC. The second kappa shape index (κ2) is 10.7. The van der Waals surface area contributed by atoms with Crippen molar-refractivity contribution >= 4 is 59.5 Å². The van der Waals surface area contributed by atoms with Crippen molar-refractivity contribution in [3.8, 4) is 11.8 Å². The maximum Gasteiger partial charge on any atom is 0.352 e. The molecule has 39 heavy (non-hydrogen) atoms. The molecule has 12 nitrogen and oxygen atoms in total. The van der Waals surface area contributed by atoms with Gasteiger partial charge in [-0.2, -0.15) is 4.57 Å². The lowest BCUT2D eigenvalue weighted by molar-refractivity contribution is -0.695. The maximum absolute atomic E-state index is 13.3. The first kappa shape index (κ1) is 27.3. The van der Waals surface area contributed by atoms with Crippen LogP contribution in [0.25, 0.3) is 5.57 Å². The van der Waals surface area contributed by atoms with Crippen LogP contribution >= 0.6 is 31.0 Å². The van der Waals surface area contributed by atoms with Crippen molar-refractivity contribution in [1.82, 2.24) is 15.2 Å². The van der Waals surface area contributed by atoms with E-state index in [0.717, 1.165) is 28.4 Å². The number of hydrogen-bond donors (Lipinski definition) is 3. The summed E-state index contributed by atoms with van der Waals surface area (Å²) in [6.45, 7) is 0.288. The van der Waals surface area contributed by atoms with E-state index in [4.69, 9.17) is 14.8 Å². The van der Waals surface area contributed by atoms with Gasteiger partial charge in [-0.1, -0.05) is 11.8 Å². The Balaban J connectivity index is 1.39. The number of fused-ring (bicyclic) bond motifs is 2. The number of nitrogens with zero attached hydrogens (tertiary/aromatic N) is 3. The molecule has 0 unspecified atom stereocenters. The second-order valence-corrected chi connectivity index (χ2v) is 12.7. The Morgan fingerprint density at radius 2 is 2.21 bits per heavy atom. The number of aliphatic carboxylic acids is 1. The van der Waals surface area contributed by atoms with E-state index in [-0.39, 0.29) is 28.6 Å². The van der Waals surface area contributed by atoms with E-state index in [0.29, 0.717) is 17.7 Å². The first-order chi connectivity index (χ1) is 18.7. The van der Waals surface area contributed by atoms with Gasteiger partial charge >= 0.3 is 5.97 Å². The number of pyridine rings is 1. The number of thiazole rings is 1. The number of aromatic nitrogens is 2. The van der Waals surface area contributed by atoms with E-state index in [1.807, 2.05) is 22.9 Å². The van der Waals surface area contributed by atoms with E-state index in [1.165, 1.54) is 36.3 Å². The largest absolute Gasteiger partial charge is 0.628 e. The normalized spacial score (nSPS) is 20.1. The molecule has 1 saturated heterocycles. The molecule has 0 bridgehead atoms. The van der Waals surface area contributed by atoms with Crippen LogP contribution in [-0.2, 0) is 36.4 Å². The lowest BCUT2D eigenvalue weighted by Gasteiger charge is -2.49. The lowest BCUT2D eigenvalue weighted by Crippen LogP contribution is -2.70. The van der Waals surface area contributed by atoms with E-state index in [1.54, 1.807) is 0 Å². The third-order valence-electron chi connectivity index (χ3n) is 6.40. The molecule has 0 radical (unpaired) electrons. The van der Waals surface area contributed by atoms with Crippen LogP contribution in [0.5, 0.6) is 0 Å². The minimum absolute atomic E-state index is 0.0930. The van der Waals surface area contributed by atoms with Gasteiger partial charge in [0.1, 0.15) is 28.5 Å². The summed E-state index contributed by atoms with van der Waals surface area (Å²) in [5, 5.41) is 13.7.